The van der Waals surface area contributed by atoms with Crippen molar-refractivity contribution >= 4 is 39.0 Å². The predicted octanol–water partition coefficient (Wildman–Crippen LogP) is 1.91. The van der Waals surface area contributed by atoms with Gasteiger partial charge in [-0.1, -0.05) is 0 Å². The van der Waals surface area contributed by atoms with Gasteiger partial charge in [0.05, 0.1) is 22.2 Å². The summed E-state index contributed by atoms with van der Waals surface area (Å²) in [7, 11) is 1.94. The van der Waals surface area contributed by atoms with E-state index in [1.165, 1.54) is 0 Å². The van der Waals surface area contributed by atoms with E-state index in [1.54, 1.807) is 17.5 Å². The molecule has 2 aromatic heterocycles. The van der Waals surface area contributed by atoms with E-state index in [2.05, 4.69) is 30.9 Å². The Morgan fingerprint density at radius 1 is 1.50 bits per heavy atom. The number of hydrogen-bond donors (Lipinski definition) is 1. The van der Waals surface area contributed by atoms with Crippen molar-refractivity contribution in [3.8, 4) is 0 Å². The van der Waals surface area contributed by atoms with Crippen molar-refractivity contribution in [2.75, 3.05) is 17.7 Å². The number of halogens is 1. The highest BCUT2D eigenvalue weighted by molar-refractivity contribution is 9.10. The third-order valence-electron chi connectivity index (χ3n) is 1.99. The van der Waals surface area contributed by atoms with E-state index in [0.717, 1.165) is 16.0 Å². The number of nitrogens with zero attached hydrogens (tertiary/aromatic N) is 4. The van der Waals surface area contributed by atoms with Gasteiger partial charge >= 0.3 is 0 Å². The maximum Gasteiger partial charge on any atom is 0.222 e. The van der Waals surface area contributed by atoms with Crippen LogP contribution in [0, 0.1) is 0 Å². The van der Waals surface area contributed by atoms with Crippen LogP contribution < -0.4 is 10.6 Å². The second kappa shape index (κ2) is 4.75. The normalized spacial score (nSPS) is 10.4. The van der Waals surface area contributed by atoms with Crippen LogP contribution in [0.5, 0.6) is 0 Å². The minimum Gasteiger partial charge on any atom is -0.368 e. The summed E-state index contributed by atoms with van der Waals surface area (Å²) < 4.78 is 0.819. The van der Waals surface area contributed by atoms with Crippen LogP contribution in [0.4, 0.5) is 11.8 Å². The van der Waals surface area contributed by atoms with Crippen molar-refractivity contribution in [3.63, 3.8) is 0 Å². The molecule has 16 heavy (non-hydrogen) atoms. The van der Waals surface area contributed by atoms with Crippen LogP contribution in [0.3, 0.4) is 0 Å². The van der Waals surface area contributed by atoms with Gasteiger partial charge in [0.15, 0.2) is 0 Å². The lowest BCUT2D eigenvalue weighted by Gasteiger charge is -2.18. The van der Waals surface area contributed by atoms with Crippen molar-refractivity contribution in [2.45, 2.75) is 6.54 Å². The molecule has 5 nitrogen and oxygen atoms in total. The van der Waals surface area contributed by atoms with Crippen LogP contribution in [-0.2, 0) is 6.54 Å². The van der Waals surface area contributed by atoms with E-state index in [1.807, 2.05) is 22.8 Å². The molecule has 0 aromatic carbocycles. The van der Waals surface area contributed by atoms with Crippen LogP contribution >= 0.6 is 27.3 Å². The van der Waals surface area contributed by atoms with Gasteiger partial charge in [-0.25, -0.2) is 9.97 Å². The highest BCUT2D eigenvalue weighted by Gasteiger charge is 2.10. The molecule has 0 amide bonds. The maximum atomic E-state index is 5.56. The topological polar surface area (TPSA) is 67.9 Å². The first kappa shape index (κ1) is 11.3. The third-order valence-corrected chi connectivity index (χ3v) is 3.18. The Bertz CT molecular complexity index is 473. The first-order chi connectivity index (χ1) is 7.66. The molecule has 2 N–H and O–H groups in total. The Morgan fingerprint density at radius 2 is 2.31 bits per heavy atom. The predicted molar refractivity (Wildman–Crippen MR) is 68.4 cm³/mol. The first-order valence-electron chi connectivity index (χ1n) is 4.53. The number of nitrogens with two attached hydrogens (primary N) is 1. The molecule has 0 bridgehead atoms. The lowest BCUT2D eigenvalue weighted by Crippen LogP contribution is -2.19. The van der Waals surface area contributed by atoms with Crippen molar-refractivity contribution in [2.24, 2.45) is 0 Å². The monoisotopic (exact) mass is 299 g/mol. The van der Waals surface area contributed by atoms with E-state index in [-0.39, 0.29) is 5.95 Å². The van der Waals surface area contributed by atoms with Crippen LogP contribution in [-0.4, -0.2) is 22.0 Å². The van der Waals surface area contributed by atoms with Crippen LogP contribution in [0.15, 0.2) is 21.6 Å². The first-order valence-corrected chi connectivity index (χ1v) is 6.26. The number of rotatable bonds is 3. The van der Waals surface area contributed by atoms with Crippen molar-refractivity contribution < 1.29 is 0 Å². The van der Waals surface area contributed by atoms with Crippen LogP contribution in [0.1, 0.15) is 5.69 Å². The minimum atomic E-state index is 0.267. The fourth-order valence-electron chi connectivity index (χ4n) is 1.27. The fraction of sp³-hybridized carbons (Fsp3) is 0.222. The number of nitrogen functional groups attached to an aromatic ring is 1. The van der Waals surface area contributed by atoms with Crippen molar-refractivity contribution in [1.82, 2.24) is 15.0 Å². The standard InChI is InChI=1S/C9H10BrN5S/c1-15(3-6-4-16-5-13-6)8-7(10)2-12-9(11)14-8/h2,4-5H,3H2,1H3,(H2,11,12,14). The molecular weight excluding hydrogens is 290 g/mol. The van der Waals surface area contributed by atoms with Gasteiger partial charge in [0.1, 0.15) is 5.82 Å². The molecule has 7 heteroatoms. The maximum absolute atomic E-state index is 5.56. The van der Waals surface area contributed by atoms with Crippen LogP contribution in [0.25, 0.3) is 0 Å². The Morgan fingerprint density at radius 3 is 3.00 bits per heavy atom. The molecule has 0 aliphatic heterocycles. The summed E-state index contributed by atoms with van der Waals surface area (Å²) in [6.07, 6.45) is 1.65. The average molecular weight is 300 g/mol. The number of aromatic nitrogens is 3. The molecule has 0 aliphatic rings. The summed E-state index contributed by atoms with van der Waals surface area (Å²) in [5, 5.41) is 2.01. The van der Waals surface area contributed by atoms with Gasteiger partial charge in [-0.05, 0) is 15.9 Å². The summed E-state index contributed by atoms with van der Waals surface area (Å²) >= 11 is 4.97. The highest BCUT2D eigenvalue weighted by Crippen LogP contribution is 2.23. The minimum absolute atomic E-state index is 0.267. The zero-order valence-electron chi connectivity index (χ0n) is 8.59. The molecule has 0 saturated heterocycles. The third kappa shape index (κ3) is 2.48. The molecule has 2 rings (SSSR count). The molecule has 0 saturated carbocycles. The molecular formula is C9H10BrN5S. The summed E-state index contributed by atoms with van der Waals surface area (Å²) in [6, 6.07) is 0. The zero-order valence-corrected chi connectivity index (χ0v) is 11.0. The second-order valence-electron chi connectivity index (χ2n) is 3.24. The molecule has 0 unspecified atom stereocenters. The number of thiazole rings is 1. The van der Waals surface area contributed by atoms with Gasteiger partial charge in [0, 0.05) is 18.6 Å². The fourth-order valence-corrected chi connectivity index (χ4v) is 2.32. The van der Waals surface area contributed by atoms with Crippen molar-refractivity contribution in [3.05, 3.63) is 27.3 Å². The Labute approximate surface area is 105 Å². The summed E-state index contributed by atoms with van der Waals surface area (Å²) in [5.74, 6) is 1.03. The van der Waals surface area contributed by atoms with E-state index in [9.17, 15) is 0 Å². The van der Waals surface area contributed by atoms with Gasteiger partial charge in [0.25, 0.3) is 0 Å². The summed E-state index contributed by atoms with van der Waals surface area (Å²) in [5.41, 5.74) is 8.38. The Balaban J connectivity index is 2.20. The molecule has 0 fully saturated rings. The Hall–Kier alpha value is -1.21. The van der Waals surface area contributed by atoms with E-state index in [0.29, 0.717) is 6.54 Å². The zero-order chi connectivity index (χ0) is 11.5. The number of hydrogen-bond acceptors (Lipinski definition) is 6. The van der Waals surface area contributed by atoms with E-state index in [4.69, 9.17) is 5.73 Å². The van der Waals surface area contributed by atoms with E-state index < -0.39 is 0 Å². The number of anilines is 2. The molecule has 2 heterocycles. The second-order valence-corrected chi connectivity index (χ2v) is 4.81. The lowest BCUT2D eigenvalue weighted by molar-refractivity contribution is 0.867. The summed E-state index contributed by atoms with van der Waals surface area (Å²) in [4.78, 5) is 14.3. The van der Waals surface area contributed by atoms with Gasteiger partial charge in [-0.3, -0.25) is 0 Å². The van der Waals surface area contributed by atoms with E-state index >= 15 is 0 Å². The molecule has 0 atom stereocenters. The molecule has 0 aliphatic carbocycles. The highest BCUT2D eigenvalue weighted by atomic mass is 79.9. The summed E-state index contributed by atoms with van der Waals surface area (Å²) in [6.45, 7) is 0.693. The lowest BCUT2D eigenvalue weighted by atomic mass is 10.4. The van der Waals surface area contributed by atoms with Gasteiger partial charge < -0.3 is 10.6 Å². The molecule has 2 aromatic rings. The molecule has 0 radical (unpaired) electrons. The van der Waals surface area contributed by atoms with Crippen LogP contribution in [0.2, 0.25) is 0 Å². The smallest absolute Gasteiger partial charge is 0.222 e. The average Bonchev–Trinajstić information content (AvgIpc) is 2.74. The van der Waals surface area contributed by atoms with Crippen molar-refractivity contribution in [1.29, 1.82) is 0 Å². The quantitative estimate of drug-likeness (QED) is 0.938. The molecule has 84 valence electrons. The Kier molecular flexibility index (Phi) is 3.35. The van der Waals surface area contributed by atoms with Gasteiger partial charge in [-0.2, -0.15) is 4.98 Å². The SMILES string of the molecule is CN(Cc1cscn1)c1nc(N)ncc1Br. The largest absolute Gasteiger partial charge is 0.368 e. The van der Waals surface area contributed by atoms with Gasteiger partial charge in [0.2, 0.25) is 5.95 Å². The molecule has 0 spiro atoms. The van der Waals surface area contributed by atoms with Gasteiger partial charge in [-0.15, -0.1) is 11.3 Å².